The number of aromatic nitrogens is 1. The van der Waals surface area contributed by atoms with Crippen LogP contribution < -0.4 is 0 Å². The van der Waals surface area contributed by atoms with Crippen molar-refractivity contribution in [2.45, 2.75) is 38.0 Å². The number of nitrogens with zero attached hydrogens (tertiary/aromatic N) is 2. The average Bonchev–Trinajstić information content (AvgIpc) is 3.33. The lowest BCUT2D eigenvalue weighted by Crippen LogP contribution is -2.33. The quantitative estimate of drug-likeness (QED) is 0.787. The van der Waals surface area contributed by atoms with Crippen LogP contribution in [0.1, 0.15) is 63.0 Å². The molecule has 25 heavy (non-hydrogen) atoms. The number of hydrogen-bond donors (Lipinski definition) is 0. The van der Waals surface area contributed by atoms with Crippen LogP contribution in [-0.2, 0) is 16.1 Å². The number of hydrogen-bond acceptors (Lipinski definition) is 6. The van der Waals surface area contributed by atoms with E-state index in [9.17, 15) is 14.4 Å². The molecule has 2 aromatic rings. The number of imide groups is 1. The number of carbonyl (C=O) groups is 3. The summed E-state index contributed by atoms with van der Waals surface area (Å²) < 4.78 is 0. The minimum absolute atomic E-state index is 0.0508. The van der Waals surface area contributed by atoms with Crippen LogP contribution in [0.4, 0.5) is 0 Å². The minimum Gasteiger partial charge on any atom is -0.329 e. The molecule has 1 aliphatic heterocycles. The van der Waals surface area contributed by atoms with Gasteiger partial charge in [-0.15, -0.1) is 11.3 Å². The number of benzene rings is 1. The number of amides is 2. The maximum absolute atomic E-state index is 12.2. The molecule has 2 aliphatic rings. The number of rotatable bonds is 4. The summed E-state index contributed by atoms with van der Waals surface area (Å²) in [4.78, 5) is 46.0. The molecule has 1 aliphatic carbocycles. The summed E-state index contributed by atoms with van der Waals surface area (Å²) >= 11 is 1.41. The van der Waals surface area contributed by atoms with Crippen LogP contribution in [0.25, 0.3) is 0 Å². The summed E-state index contributed by atoms with van der Waals surface area (Å²) in [6.45, 7) is 0. The smallest absolute Gasteiger partial charge is 0.329 e. The summed E-state index contributed by atoms with van der Waals surface area (Å²) in [5.74, 6) is -1.40. The van der Waals surface area contributed by atoms with Gasteiger partial charge in [0.15, 0.2) is 0 Å². The first-order valence-electron chi connectivity index (χ1n) is 8.26. The van der Waals surface area contributed by atoms with Crippen LogP contribution in [-0.4, -0.2) is 27.8 Å². The molecule has 128 valence electrons. The van der Waals surface area contributed by atoms with Gasteiger partial charge < -0.3 is 4.84 Å². The van der Waals surface area contributed by atoms with E-state index in [1.807, 2.05) is 5.38 Å². The molecule has 1 aromatic heterocycles. The third-order valence-corrected chi connectivity index (χ3v) is 5.46. The molecule has 7 heteroatoms. The maximum Gasteiger partial charge on any atom is 0.340 e. The Balaban J connectivity index is 1.41. The topological polar surface area (TPSA) is 76.6 Å². The van der Waals surface area contributed by atoms with E-state index in [4.69, 9.17) is 4.84 Å². The van der Waals surface area contributed by atoms with Crippen LogP contribution in [0.15, 0.2) is 29.6 Å². The fraction of sp³-hybridized carbons (Fsp3) is 0.333. The van der Waals surface area contributed by atoms with E-state index in [0.717, 1.165) is 18.5 Å². The SMILES string of the molecule is O=C(Cc1nc(C2CCCC2)cs1)ON1C(=O)c2ccccc2C1=O. The predicted octanol–water partition coefficient (Wildman–Crippen LogP) is 3.10. The number of hydroxylamine groups is 2. The van der Waals surface area contributed by atoms with Crippen molar-refractivity contribution in [1.29, 1.82) is 0 Å². The molecule has 6 nitrogen and oxygen atoms in total. The lowest BCUT2D eigenvalue weighted by molar-refractivity contribution is -0.167. The molecule has 1 fully saturated rings. The highest BCUT2D eigenvalue weighted by Gasteiger charge is 2.38. The second-order valence-electron chi connectivity index (χ2n) is 6.24. The zero-order chi connectivity index (χ0) is 17.4. The fourth-order valence-corrected chi connectivity index (χ4v) is 4.18. The molecule has 4 rings (SSSR count). The predicted molar refractivity (Wildman–Crippen MR) is 90.1 cm³/mol. The van der Waals surface area contributed by atoms with Gasteiger partial charge in [-0.05, 0) is 25.0 Å². The normalized spacial score (nSPS) is 17.2. The van der Waals surface area contributed by atoms with Gasteiger partial charge in [0.1, 0.15) is 11.4 Å². The molecular formula is C18H16N2O4S. The van der Waals surface area contributed by atoms with Crippen LogP contribution >= 0.6 is 11.3 Å². The Hall–Kier alpha value is -2.54. The lowest BCUT2D eigenvalue weighted by Gasteiger charge is -2.12. The van der Waals surface area contributed by atoms with Crippen molar-refractivity contribution in [1.82, 2.24) is 10.0 Å². The average molecular weight is 356 g/mol. The van der Waals surface area contributed by atoms with Gasteiger partial charge in [0.25, 0.3) is 11.8 Å². The third kappa shape index (κ3) is 2.95. The van der Waals surface area contributed by atoms with E-state index in [1.54, 1.807) is 12.1 Å². The Morgan fingerprint density at radius 2 is 1.80 bits per heavy atom. The first-order valence-corrected chi connectivity index (χ1v) is 9.14. The van der Waals surface area contributed by atoms with Crippen molar-refractivity contribution in [2.24, 2.45) is 0 Å². The second-order valence-corrected chi connectivity index (χ2v) is 7.18. The van der Waals surface area contributed by atoms with Crippen molar-refractivity contribution in [3.8, 4) is 0 Å². The molecule has 0 spiro atoms. The van der Waals surface area contributed by atoms with Gasteiger partial charge in [0.2, 0.25) is 0 Å². The Morgan fingerprint density at radius 1 is 1.16 bits per heavy atom. The van der Waals surface area contributed by atoms with Crippen LogP contribution in [0, 0.1) is 0 Å². The molecule has 0 radical (unpaired) electrons. The first-order chi connectivity index (χ1) is 12.1. The van der Waals surface area contributed by atoms with E-state index in [1.165, 1.54) is 36.3 Å². The summed E-state index contributed by atoms with van der Waals surface area (Å²) in [7, 11) is 0. The van der Waals surface area contributed by atoms with Crippen LogP contribution in [0.5, 0.6) is 0 Å². The zero-order valence-corrected chi connectivity index (χ0v) is 14.3. The Morgan fingerprint density at radius 3 is 2.44 bits per heavy atom. The molecule has 1 saturated carbocycles. The van der Waals surface area contributed by atoms with Gasteiger partial charge in [-0.2, -0.15) is 0 Å². The number of carbonyl (C=O) groups excluding carboxylic acids is 3. The van der Waals surface area contributed by atoms with Gasteiger partial charge in [-0.3, -0.25) is 9.59 Å². The molecule has 0 N–H and O–H groups in total. The summed E-state index contributed by atoms with van der Waals surface area (Å²) in [6, 6.07) is 6.40. The molecule has 0 saturated heterocycles. The molecule has 2 heterocycles. The maximum atomic E-state index is 12.2. The monoisotopic (exact) mass is 356 g/mol. The van der Waals surface area contributed by atoms with E-state index < -0.39 is 17.8 Å². The molecule has 0 bridgehead atoms. The number of thiazole rings is 1. The standard InChI is InChI=1S/C18H16N2O4S/c21-16(9-15-19-14(10-25-15)11-5-1-2-6-11)24-20-17(22)12-7-3-4-8-13(12)18(20)23/h3-4,7-8,10-11H,1-2,5-6,9H2. The summed E-state index contributed by atoms with van der Waals surface area (Å²) in [5.41, 5.74) is 1.53. The van der Waals surface area contributed by atoms with Crippen molar-refractivity contribution in [3.05, 3.63) is 51.5 Å². The minimum atomic E-state index is -0.665. The largest absolute Gasteiger partial charge is 0.340 e. The highest BCUT2D eigenvalue weighted by atomic mass is 32.1. The van der Waals surface area contributed by atoms with Crippen molar-refractivity contribution < 1.29 is 19.2 Å². The van der Waals surface area contributed by atoms with Crippen molar-refractivity contribution in [2.75, 3.05) is 0 Å². The zero-order valence-electron chi connectivity index (χ0n) is 13.4. The molecule has 1 aromatic carbocycles. The fourth-order valence-electron chi connectivity index (χ4n) is 3.32. The van der Waals surface area contributed by atoms with Gasteiger partial charge in [0.05, 0.1) is 16.8 Å². The molecule has 0 unspecified atom stereocenters. The van der Waals surface area contributed by atoms with Crippen molar-refractivity contribution >= 4 is 29.1 Å². The van der Waals surface area contributed by atoms with Crippen LogP contribution in [0.2, 0.25) is 0 Å². The third-order valence-electron chi connectivity index (χ3n) is 4.59. The van der Waals surface area contributed by atoms with Gasteiger partial charge >= 0.3 is 5.97 Å². The Bertz CT molecular complexity index is 819. The van der Waals surface area contributed by atoms with E-state index in [0.29, 0.717) is 16.0 Å². The molecular weight excluding hydrogens is 340 g/mol. The Labute approximate surface area is 148 Å². The van der Waals surface area contributed by atoms with E-state index >= 15 is 0 Å². The Kier molecular flexibility index (Phi) is 4.09. The summed E-state index contributed by atoms with van der Waals surface area (Å²) in [6.07, 6.45) is 4.68. The number of fused-ring (bicyclic) bond motifs is 1. The van der Waals surface area contributed by atoms with E-state index in [2.05, 4.69) is 4.98 Å². The van der Waals surface area contributed by atoms with Gasteiger partial charge in [-0.1, -0.05) is 30.0 Å². The highest BCUT2D eigenvalue weighted by Crippen LogP contribution is 2.34. The molecule has 2 amide bonds. The van der Waals surface area contributed by atoms with Gasteiger partial charge in [-0.25, -0.2) is 9.78 Å². The van der Waals surface area contributed by atoms with Crippen LogP contribution in [0.3, 0.4) is 0 Å². The summed E-state index contributed by atoms with van der Waals surface area (Å²) in [5, 5.41) is 3.17. The first kappa shape index (κ1) is 16.0. The highest BCUT2D eigenvalue weighted by molar-refractivity contribution is 7.09. The lowest BCUT2D eigenvalue weighted by atomic mass is 10.1. The van der Waals surface area contributed by atoms with Gasteiger partial charge in [0, 0.05) is 11.3 Å². The van der Waals surface area contributed by atoms with E-state index in [-0.39, 0.29) is 17.5 Å². The molecule has 0 atom stereocenters. The second kappa shape index (κ2) is 6.40. The van der Waals surface area contributed by atoms with Crippen molar-refractivity contribution in [3.63, 3.8) is 0 Å².